The SMILES string of the molecule is O=C(O)C1CC=CCC1C(=O)Nc1cc(N2CCCS2(=O)=O)ccc1F. The van der Waals surface area contributed by atoms with Crippen LogP contribution in [0, 0.1) is 17.7 Å². The maximum absolute atomic E-state index is 14.1. The van der Waals surface area contributed by atoms with Gasteiger partial charge in [-0.25, -0.2) is 12.8 Å². The van der Waals surface area contributed by atoms with Crippen molar-refractivity contribution in [3.8, 4) is 0 Å². The van der Waals surface area contributed by atoms with Gasteiger partial charge in [-0.2, -0.15) is 0 Å². The summed E-state index contributed by atoms with van der Waals surface area (Å²) in [5, 5.41) is 11.7. The number of nitrogens with one attached hydrogen (secondary N) is 1. The van der Waals surface area contributed by atoms with Crippen LogP contribution in [0.2, 0.25) is 0 Å². The molecule has 3 rings (SSSR count). The van der Waals surface area contributed by atoms with Crippen molar-refractivity contribution in [3.63, 3.8) is 0 Å². The number of halogens is 1. The summed E-state index contributed by atoms with van der Waals surface area (Å²) in [4.78, 5) is 23.8. The molecule has 140 valence electrons. The number of hydrogen-bond acceptors (Lipinski definition) is 4. The number of rotatable bonds is 4. The Labute approximate surface area is 150 Å². The number of benzene rings is 1. The topological polar surface area (TPSA) is 104 Å². The van der Waals surface area contributed by atoms with Crippen LogP contribution in [0.15, 0.2) is 30.4 Å². The lowest BCUT2D eigenvalue weighted by molar-refractivity contribution is -0.146. The molecular formula is C17H19FN2O5S. The molecule has 1 amide bonds. The van der Waals surface area contributed by atoms with Gasteiger partial charge in [0.2, 0.25) is 15.9 Å². The standard InChI is InChI=1S/C17H19FN2O5S/c18-14-7-6-11(20-8-3-9-26(20,24)25)10-15(14)19-16(21)12-4-1-2-5-13(12)17(22)23/h1-2,6-7,10,12-13H,3-5,8-9H2,(H,19,21)(H,22,23). The normalized spacial score (nSPS) is 24.4. The fraction of sp³-hybridized carbons (Fsp3) is 0.412. The van der Waals surface area contributed by atoms with Crippen molar-refractivity contribution in [1.82, 2.24) is 0 Å². The Balaban J connectivity index is 1.83. The van der Waals surface area contributed by atoms with Crippen molar-refractivity contribution in [1.29, 1.82) is 0 Å². The second kappa shape index (κ2) is 7.06. The molecule has 2 N–H and O–H groups in total. The first-order valence-corrected chi connectivity index (χ1v) is 9.89. The third-order valence-electron chi connectivity index (χ3n) is 4.68. The van der Waals surface area contributed by atoms with E-state index in [2.05, 4.69) is 5.32 Å². The van der Waals surface area contributed by atoms with E-state index in [-0.39, 0.29) is 30.0 Å². The smallest absolute Gasteiger partial charge is 0.307 e. The lowest BCUT2D eigenvalue weighted by atomic mass is 9.82. The second-order valence-electron chi connectivity index (χ2n) is 6.39. The van der Waals surface area contributed by atoms with E-state index in [1.165, 1.54) is 16.4 Å². The molecule has 2 atom stereocenters. The van der Waals surface area contributed by atoms with E-state index >= 15 is 0 Å². The molecule has 0 saturated carbocycles. The van der Waals surface area contributed by atoms with Crippen LogP contribution in [0.5, 0.6) is 0 Å². The summed E-state index contributed by atoms with van der Waals surface area (Å²) in [7, 11) is -3.43. The van der Waals surface area contributed by atoms with Crippen LogP contribution in [-0.2, 0) is 19.6 Å². The van der Waals surface area contributed by atoms with Gasteiger partial charge in [0.1, 0.15) is 5.82 Å². The van der Waals surface area contributed by atoms with Gasteiger partial charge >= 0.3 is 5.97 Å². The van der Waals surface area contributed by atoms with Gasteiger partial charge in [0.25, 0.3) is 0 Å². The lowest BCUT2D eigenvalue weighted by Crippen LogP contribution is -2.35. The number of anilines is 2. The van der Waals surface area contributed by atoms with E-state index in [4.69, 9.17) is 0 Å². The second-order valence-corrected chi connectivity index (χ2v) is 8.40. The Morgan fingerprint density at radius 3 is 2.50 bits per heavy atom. The Morgan fingerprint density at radius 1 is 1.19 bits per heavy atom. The van der Waals surface area contributed by atoms with Crippen molar-refractivity contribution >= 4 is 33.3 Å². The molecule has 1 aliphatic heterocycles. The number of carbonyl (C=O) groups is 2. The lowest BCUT2D eigenvalue weighted by Gasteiger charge is -2.24. The molecule has 9 heteroatoms. The van der Waals surface area contributed by atoms with E-state index in [1.807, 2.05) is 0 Å². The average molecular weight is 382 g/mol. The maximum atomic E-state index is 14.1. The summed E-state index contributed by atoms with van der Waals surface area (Å²) in [6.45, 7) is 0.301. The van der Waals surface area contributed by atoms with Crippen molar-refractivity contribution in [2.24, 2.45) is 11.8 Å². The minimum Gasteiger partial charge on any atom is -0.481 e. The number of amides is 1. The predicted molar refractivity (Wildman–Crippen MR) is 93.8 cm³/mol. The number of carboxylic acids is 1. The molecule has 7 nitrogen and oxygen atoms in total. The number of allylic oxidation sites excluding steroid dienone is 2. The molecule has 0 bridgehead atoms. The van der Waals surface area contributed by atoms with E-state index in [0.29, 0.717) is 13.0 Å². The number of hydrogen-bond donors (Lipinski definition) is 2. The molecule has 2 unspecified atom stereocenters. The molecule has 0 aromatic heterocycles. The summed E-state index contributed by atoms with van der Waals surface area (Å²) >= 11 is 0. The zero-order valence-electron chi connectivity index (χ0n) is 13.9. The van der Waals surface area contributed by atoms with Crippen molar-refractivity contribution in [3.05, 3.63) is 36.2 Å². The van der Waals surface area contributed by atoms with Crippen LogP contribution in [0.3, 0.4) is 0 Å². The fourth-order valence-electron chi connectivity index (χ4n) is 3.30. The molecule has 0 radical (unpaired) electrons. The Hall–Kier alpha value is -2.42. The monoisotopic (exact) mass is 382 g/mol. The summed E-state index contributed by atoms with van der Waals surface area (Å²) in [5.74, 6) is -4.03. The molecule has 1 aromatic carbocycles. The highest BCUT2D eigenvalue weighted by molar-refractivity contribution is 7.93. The van der Waals surface area contributed by atoms with Gasteiger partial charge < -0.3 is 10.4 Å². The van der Waals surface area contributed by atoms with Gasteiger partial charge in [0.05, 0.1) is 29.0 Å². The minimum absolute atomic E-state index is 0.0285. The van der Waals surface area contributed by atoms with E-state index in [1.54, 1.807) is 12.2 Å². The van der Waals surface area contributed by atoms with Gasteiger partial charge in [0.15, 0.2) is 0 Å². The highest BCUT2D eigenvalue weighted by Gasteiger charge is 2.34. The third-order valence-corrected chi connectivity index (χ3v) is 6.55. The van der Waals surface area contributed by atoms with Gasteiger partial charge in [0, 0.05) is 6.54 Å². The number of nitrogens with zero attached hydrogens (tertiary/aromatic N) is 1. The molecule has 1 fully saturated rings. The summed E-state index contributed by atoms with van der Waals surface area (Å²) < 4.78 is 39.3. The van der Waals surface area contributed by atoms with Crippen molar-refractivity contribution < 1.29 is 27.5 Å². The van der Waals surface area contributed by atoms with Crippen molar-refractivity contribution in [2.75, 3.05) is 21.9 Å². The molecule has 0 spiro atoms. The Morgan fingerprint density at radius 2 is 1.88 bits per heavy atom. The third kappa shape index (κ3) is 3.57. The molecular weight excluding hydrogens is 363 g/mol. The molecule has 26 heavy (non-hydrogen) atoms. The van der Waals surface area contributed by atoms with Gasteiger partial charge in [-0.3, -0.25) is 13.9 Å². The summed E-state index contributed by atoms with van der Waals surface area (Å²) in [6.07, 6.45) is 4.41. The van der Waals surface area contributed by atoms with E-state index < -0.39 is 39.6 Å². The average Bonchev–Trinajstić information content (AvgIpc) is 2.96. The number of carboxylic acid groups (broad SMARTS) is 1. The molecule has 1 heterocycles. The van der Waals surface area contributed by atoms with Crippen LogP contribution >= 0.6 is 0 Å². The van der Waals surface area contributed by atoms with E-state index in [0.717, 1.165) is 6.07 Å². The van der Waals surface area contributed by atoms with E-state index in [9.17, 15) is 27.5 Å². The largest absolute Gasteiger partial charge is 0.481 e. The first-order valence-electron chi connectivity index (χ1n) is 8.28. The number of aliphatic carboxylic acids is 1. The zero-order chi connectivity index (χ0) is 18.9. The van der Waals surface area contributed by atoms with Crippen LogP contribution in [0.1, 0.15) is 19.3 Å². The minimum atomic E-state index is -3.43. The molecule has 2 aliphatic rings. The van der Waals surface area contributed by atoms with Crippen LogP contribution < -0.4 is 9.62 Å². The maximum Gasteiger partial charge on any atom is 0.307 e. The van der Waals surface area contributed by atoms with Crippen LogP contribution in [0.25, 0.3) is 0 Å². The van der Waals surface area contributed by atoms with Gasteiger partial charge in [-0.05, 0) is 37.5 Å². The zero-order valence-corrected chi connectivity index (χ0v) is 14.7. The summed E-state index contributed by atoms with van der Waals surface area (Å²) in [5.41, 5.74) is 0.116. The van der Waals surface area contributed by atoms with Crippen molar-refractivity contribution in [2.45, 2.75) is 19.3 Å². The van der Waals surface area contributed by atoms with Crippen LogP contribution in [0.4, 0.5) is 15.8 Å². The molecule has 1 aliphatic carbocycles. The summed E-state index contributed by atoms with van der Waals surface area (Å²) in [6, 6.07) is 3.70. The van der Waals surface area contributed by atoms with Gasteiger partial charge in [-0.1, -0.05) is 12.2 Å². The highest BCUT2D eigenvalue weighted by Crippen LogP contribution is 2.31. The fourth-order valence-corrected chi connectivity index (χ4v) is 4.85. The first-order chi connectivity index (χ1) is 12.3. The quantitative estimate of drug-likeness (QED) is 0.775. The Kier molecular flexibility index (Phi) is 4.99. The Bertz CT molecular complexity index is 868. The number of sulfonamides is 1. The predicted octanol–water partition coefficient (Wildman–Crippen LogP) is 1.97. The van der Waals surface area contributed by atoms with Gasteiger partial charge in [-0.15, -0.1) is 0 Å². The van der Waals surface area contributed by atoms with Crippen LogP contribution in [-0.4, -0.2) is 37.7 Å². The first kappa shape index (κ1) is 18.4. The molecule has 1 aromatic rings. The molecule has 1 saturated heterocycles. The highest BCUT2D eigenvalue weighted by atomic mass is 32.2. The number of carbonyl (C=O) groups excluding carboxylic acids is 1.